The van der Waals surface area contributed by atoms with Crippen LogP contribution >= 0.6 is 0 Å². The Morgan fingerprint density at radius 3 is 2.38 bits per heavy atom. The number of fused-ring (bicyclic) bond motifs is 1. The molecule has 0 amide bonds. The standard InChI is InChI=1S/C20H19N5O/c1-12-7-9-15(10-8-12)11-17-18(23-20-19(22-17)24-26-25-20)21-16-6-4-5-13(2)14(16)3/h4-10H,11H2,1-3H3,(H,21,23,25). The van der Waals surface area contributed by atoms with Gasteiger partial charge in [0.1, 0.15) is 0 Å². The van der Waals surface area contributed by atoms with E-state index < -0.39 is 0 Å². The first-order chi connectivity index (χ1) is 12.6. The molecule has 0 aliphatic heterocycles. The maximum atomic E-state index is 4.78. The first kappa shape index (κ1) is 16.2. The number of anilines is 2. The summed E-state index contributed by atoms with van der Waals surface area (Å²) in [6, 6.07) is 14.5. The van der Waals surface area contributed by atoms with Crippen LogP contribution in [-0.2, 0) is 6.42 Å². The van der Waals surface area contributed by atoms with Crippen LogP contribution in [0.25, 0.3) is 11.3 Å². The minimum atomic E-state index is 0.394. The van der Waals surface area contributed by atoms with Crippen molar-refractivity contribution in [2.24, 2.45) is 0 Å². The van der Waals surface area contributed by atoms with Crippen molar-refractivity contribution in [1.29, 1.82) is 0 Å². The molecule has 26 heavy (non-hydrogen) atoms. The van der Waals surface area contributed by atoms with Crippen molar-refractivity contribution in [1.82, 2.24) is 20.3 Å². The average molecular weight is 345 g/mol. The van der Waals surface area contributed by atoms with Gasteiger partial charge in [-0.2, -0.15) is 0 Å². The Labute approximate surface area is 151 Å². The van der Waals surface area contributed by atoms with Gasteiger partial charge in [0, 0.05) is 12.1 Å². The van der Waals surface area contributed by atoms with Crippen molar-refractivity contribution in [2.45, 2.75) is 27.2 Å². The van der Waals surface area contributed by atoms with E-state index in [4.69, 9.17) is 4.63 Å². The second kappa shape index (κ2) is 6.55. The van der Waals surface area contributed by atoms with Crippen LogP contribution in [0.15, 0.2) is 47.1 Å². The Bertz CT molecular complexity index is 1070. The molecule has 6 nitrogen and oxygen atoms in total. The number of nitrogens with one attached hydrogen (secondary N) is 1. The Balaban J connectivity index is 1.76. The first-order valence-electron chi connectivity index (χ1n) is 8.48. The maximum absolute atomic E-state index is 4.78. The fraction of sp³-hybridized carbons (Fsp3) is 0.200. The highest BCUT2D eigenvalue weighted by atomic mass is 16.6. The molecule has 2 aromatic carbocycles. The van der Waals surface area contributed by atoms with Gasteiger partial charge >= 0.3 is 0 Å². The molecule has 4 aromatic rings. The van der Waals surface area contributed by atoms with Crippen molar-refractivity contribution in [2.75, 3.05) is 5.32 Å². The number of hydrogen-bond donors (Lipinski definition) is 1. The number of nitrogens with zero attached hydrogens (tertiary/aromatic N) is 4. The second-order valence-corrected chi connectivity index (χ2v) is 6.47. The first-order valence-corrected chi connectivity index (χ1v) is 8.48. The van der Waals surface area contributed by atoms with E-state index >= 15 is 0 Å². The average Bonchev–Trinajstić information content (AvgIpc) is 3.08. The van der Waals surface area contributed by atoms with Gasteiger partial charge in [0.05, 0.1) is 5.69 Å². The van der Waals surface area contributed by atoms with Crippen LogP contribution in [0.1, 0.15) is 27.9 Å². The minimum Gasteiger partial charge on any atom is -0.338 e. The van der Waals surface area contributed by atoms with Gasteiger partial charge in [-0.05, 0) is 53.8 Å². The predicted octanol–water partition coefficient (Wildman–Crippen LogP) is 4.27. The van der Waals surface area contributed by atoms with E-state index in [-0.39, 0.29) is 0 Å². The Kier molecular flexibility index (Phi) is 4.08. The van der Waals surface area contributed by atoms with Crippen LogP contribution in [-0.4, -0.2) is 20.3 Å². The number of aryl methyl sites for hydroxylation is 2. The molecule has 0 aliphatic carbocycles. The summed E-state index contributed by atoms with van der Waals surface area (Å²) in [5.41, 5.74) is 7.39. The Hall–Kier alpha value is -3.28. The lowest BCUT2D eigenvalue weighted by Gasteiger charge is -2.13. The van der Waals surface area contributed by atoms with Crippen LogP contribution in [0.5, 0.6) is 0 Å². The molecule has 0 spiro atoms. The molecule has 4 rings (SSSR count). The van der Waals surface area contributed by atoms with E-state index in [9.17, 15) is 0 Å². The molecule has 6 heteroatoms. The van der Waals surface area contributed by atoms with Crippen molar-refractivity contribution < 1.29 is 4.63 Å². The van der Waals surface area contributed by atoms with E-state index in [1.807, 2.05) is 12.1 Å². The fourth-order valence-electron chi connectivity index (χ4n) is 2.81. The van der Waals surface area contributed by atoms with E-state index in [2.05, 4.69) is 76.7 Å². The van der Waals surface area contributed by atoms with Gasteiger partial charge in [-0.1, -0.05) is 42.0 Å². The summed E-state index contributed by atoms with van der Waals surface area (Å²) in [5.74, 6) is 0.669. The van der Waals surface area contributed by atoms with Crippen molar-refractivity contribution >= 4 is 22.8 Å². The lowest BCUT2D eigenvalue weighted by molar-refractivity contribution is 0.314. The second-order valence-electron chi connectivity index (χ2n) is 6.47. The zero-order valence-electron chi connectivity index (χ0n) is 14.9. The predicted molar refractivity (Wildman–Crippen MR) is 101 cm³/mol. The number of hydrogen-bond acceptors (Lipinski definition) is 6. The van der Waals surface area contributed by atoms with Crippen molar-refractivity contribution in [3.05, 3.63) is 70.4 Å². The van der Waals surface area contributed by atoms with Crippen molar-refractivity contribution in [3.63, 3.8) is 0 Å². The molecule has 0 aliphatic rings. The lowest BCUT2D eigenvalue weighted by Crippen LogP contribution is -2.05. The molecule has 130 valence electrons. The van der Waals surface area contributed by atoms with Crippen LogP contribution in [0.3, 0.4) is 0 Å². The topological polar surface area (TPSA) is 76.7 Å². The van der Waals surface area contributed by atoms with Gasteiger partial charge in [0.15, 0.2) is 5.82 Å². The third kappa shape index (κ3) is 3.13. The molecule has 1 N–H and O–H groups in total. The summed E-state index contributed by atoms with van der Waals surface area (Å²) in [4.78, 5) is 9.18. The van der Waals surface area contributed by atoms with Gasteiger partial charge in [0.25, 0.3) is 0 Å². The molecule has 2 aromatic heterocycles. The summed E-state index contributed by atoms with van der Waals surface area (Å²) in [7, 11) is 0. The van der Waals surface area contributed by atoms with Crippen LogP contribution in [0.2, 0.25) is 0 Å². The maximum Gasteiger partial charge on any atom is 0.245 e. The summed E-state index contributed by atoms with van der Waals surface area (Å²) >= 11 is 0. The third-order valence-electron chi connectivity index (χ3n) is 4.54. The zero-order valence-corrected chi connectivity index (χ0v) is 14.9. The summed E-state index contributed by atoms with van der Waals surface area (Å²) in [6.45, 7) is 6.25. The van der Waals surface area contributed by atoms with Gasteiger partial charge in [0.2, 0.25) is 11.3 Å². The van der Waals surface area contributed by atoms with Gasteiger partial charge in [-0.3, -0.25) is 0 Å². The van der Waals surface area contributed by atoms with E-state index in [0.717, 1.165) is 16.9 Å². The molecule has 2 heterocycles. The molecular formula is C20H19N5O. The van der Waals surface area contributed by atoms with E-state index in [1.54, 1.807) is 0 Å². The van der Waals surface area contributed by atoms with Crippen molar-refractivity contribution in [3.8, 4) is 0 Å². The SMILES string of the molecule is Cc1ccc(Cc2nc3nonc3nc2Nc2cccc(C)c2C)cc1. The summed E-state index contributed by atoms with van der Waals surface area (Å²) in [6.07, 6.45) is 0.642. The third-order valence-corrected chi connectivity index (χ3v) is 4.54. The normalized spacial score (nSPS) is 11.0. The number of rotatable bonds is 4. The van der Waals surface area contributed by atoms with Gasteiger partial charge < -0.3 is 5.32 Å². The highest BCUT2D eigenvalue weighted by Crippen LogP contribution is 2.25. The lowest BCUT2D eigenvalue weighted by atomic mass is 10.1. The number of benzene rings is 2. The quantitative estimate of drug-likeness (QED) is 0.595. The largest absolute Gasteiger partial charge is 0.338 e. The van der Waals surface area contributed by atoms with E-state index in [1.165, 1.54) is 16.7 Å². The minimum absolute atomic E-state index is 0.394. The van der Waals surface area contributed by atoms with Gasteiger partial charge in [-0.15, -0.1) is 0 Å². The van der Waals surface area contributed by atoms with Crippen LogP contribution in [0, 0.1) is 20.8 Å². The molecular weight excluding hydrogens is 326 g/mol. The highest BCUT2D eigenvalue weighted by molar-refractivity contribution is 5.71. The summed E-state index contributed by atoms with van der Waals surface area (Å²) in [5, 5.41) is 11.1. The van der Waals surface area contributed by atoms with Crippen LogP contribution < -0.4 is 5.32 Å². The fourth-order valence-corrected chi connectivity index (χ4v) is 2.81. The molecule has 0 unspecified atom stereocenters. The summed E-state index contributed by atoms with van der Waals surface area (Å²) < 4.78 is 4.78. The van der Waals surface area contributed by atoms with Crippen LogP contribution in [0.4, 0.5) is 11.5 Å². The molecule has 0 saturated heterocycles. The Morgan fingerprint density at radius 2 is 1.62 bits per heavy atom. The molecule has 0 fully saturated rings. The number of aromatic nitrogens is 4. The van der Waals surface area contributed by atoms with E-state index in [0.29, 0.717) is 23.5 Å². The van der Waals surface area contributed by atoms with Gasteiger partial charge in [-0.25, -0.2) is 14.6 Å². The highest BCUT2D eigenvalue weighted by Gasteiger charge is 2.14. The molecule has 0 bridgehead atoms. The monoisotopic (exact) mass is 345 g/mol. The zero-order chi connectivity index (χ0) is 18.1. The molecule has 0 radical (unpaired) electrons. The molecule has 0 atom stereocenters. The molecule has 0 saturated carbocycles. The Morgan fingerprint density at radius 1 is 0.885 bits per heavy atom. The smallest absolute Gasteiger partial charge is 0.245 e.